The van der Waals surface area contributed by atoms with Crippen molar-refractivity contribution in [2.24, 2.45) is 0 Å². The van der Waals surface area contributed by atoms with E-state index in [9.17, 15) is 9.59 Å². The number of ketones is 1. The zero-order valence-electron chi connectivity index (χ0n) is 7.83. The van der Waals surface area contributed by atoms with Crippen LogP contribution in [0.25, 0.3) is 0 Å². The van der Waals surface area contributed by atoms with Gasteiger partial charge >= 0.3 is 5.97 Å². The molecule has 0 N–H and O–H groups in total. The lowest BCUT2D eigenvalue weighted by Gasteiger charge is -2.03. The van der Waals surface area contributed by atoms with Gasteiger partial charge in [0.05, 0.1) is 5.56 Å². The molecule has 0 radical (unpaired) electrons. The van der Waals surface area contributed by atoms with Gasteiger partial charge in [-0.3, -0.25) is 4.79 Å². The normalized spacial score (nSPS) is 9.64. The number of carbonyl (C=O) groups is 2. The van der Waals surface area contributed by atoms with Crippen LogP contribution in [0.5, 0.6) is 0 Å². The third-order valence-electron chi connectivity index (χ3n) is 1.93. The van der Waals surface area contributed by atoms with Crippen LogP contribution in [0.4, 0.5) is 0 Å². The van der Waals surface area contributed by atoms with Gasteiger partial charge in [0, 0.05) is 5.56 Å². The second-order valence-electron chi connectivity index (χ2n) is 2.95. The van der Waals surface area contributed by atoms with Crippen molar-refractivity contribution in [2.75, 3.05) is 0 Å². The molecular weight excluding hydrogens is 248 g/mol. The molecule has 0 aromatic heterocycles. The van der Waals surface area contributed by atoms with Crippen LogP contribution in [-0.4, -0.2) is 11.8 Å². The highest BCUT2D eigenvalue weighted by Crippen LogP contribution is 2.14. The van der Waals surface area contributed by atoms with E-state index in [1.165, 1.54) is 13.0 Å². The zero-order valence-corrected chi connectivity index (χ0v) is 9.42. The minimum absolute atomic E-state index is 0.0753. The van der Waals surface area contributed by atoms with E-state index in [1.54, 1.807) is 19.1 Å². The van der Waals surface area contributed by atoms with Crippen molar-refractivity contribution in [3.8, 4) is 0 Å². The van der Waals surface area contributed by atoms with Crippen LogP contribution in [0.15, 0.2) is 18.2 Å². The first-order valence-electron chi connectivity index (χ1n) is 4.00. The highest BCUT2D eigenvalue weighted by Gasteiger charge is 2.11. The Bertz CT molecular complexity index is 385. The summed E-state index contributed by atoms with van der Waals surface area (Å²) >= 11 is 2.61. The molecule has 4 heteroatoms. The third-order valence-corrected chi connectivity index (χ3v) is 2.23. The van der Waals surface area contributed by atoms with Gasteiger partial charge in [-0.15, -0.1) is 0 Å². The Kier molecular flexibility index (Phi) is 3.41. The van der Waals surface area contributed by atoms with Crippen molar-refractivity contribution < 1.29 is 13.4 Å². The molecule has 0 aliphatic carbocycles. The lowest BCUT2D eigenvalue weighted by molar-refractivity contribution is 0.0781. The van der Waals surface area contributed by atoms with E-state index in [4.69, 9.17) is 0 Å². The largest absolute Gasteiger partial charge is 0.380 e. The van der Waals surface area contributed by atoms with E-state index in [0.29, 0.717) is 11.1 Å². The summed E-state index contributed by atoms with van der Waals surface area (Å²) in [4.78, 5) is 22.3. The fourth-order valence-corrected chi connectivity index (χ4v) is 1.28. The van der Waals surface area contributed by atoms with Crippen molar-refractivity contribution in [1.29, 1.82) is 0 Å². The number of carbonyl (C=O) groups excluding carboxylic acids is 2. The minimum atomic E-state index is -0.495. The molecule has 3 nitrogen and oxygen atoms in total. The summed E-state index contributed by atoms with van der Waals surface area (Å²) in [5.74, 6) is -0.570. The van der Waals surface area contributed by atoms with Gasteiger partial charge in [0.2, 0.25) is 0 Å². The molecule has 0 unspecified atom stereocenters. The van der Waals surface area contributed by atoms with E-state index < -0.39 is 5.97 Å². The zero-order chi connectivity index (χ0) is 10.7. The van der Waals surface area contributed by atoms with Crippen LogP contribution < -0.4 is 0 Å². The lowest BCUT2D eigenvalue weighted by atomic mass is 10.0. The van der Waals surface area contributed by atoms with Crippen molar-refractivity contribution in [1.82, 2.24) is 0 Å². The monoisotopic (exact) mass is 256 g/mol. The van der Waals surface area contributed by atoms with Gasteiger partial charge in [0.15, 0.2) is 22.0 Å². The molecule has 14 heavy (non-hydrogen) atoms. The molecule has 0 atom stereocenters. The van der Waals surface area contributed by atoms with Crippen LogP contribution >= 0.6 is 16.3 Å². The first kappa shape index (κ1) is 10.9. The van der Waals surface area contributed by atoms with Gasteiger partial charge in [-0.05, 0) is 25.5 Å². The minimum Gasteiger partial charge on any atom is -0.380 e. The van der Waals surface area contributed by atoms with Gasteiger partial charge in [0.1, 0.15) is 0 Å². The Morgan fingerprint density at radius 3 is 2.50 bits per heavy atom. The van der Waals surface area contributed by atoms with Crippen molar-refractivity contribution in [3.05, 3.63) is 34.9 Å². The first-order valence-corrected chi connectivity index (χ1v) is 4.65. The van der Waals surface area contributed by atoms with E-state index in [0.717, 1.165) is 5.56 Å². The van der Waals surface area contributed by atoms with Crippen molar-refractivity contribution >= 4 is 28.0 Å². The van der Waals surface area contributed by atoms with Gasteiger partial charge in [-0.2, -0.15) is 0 Å². The molecule has 0 fully saturated rings. The second kappa shape index (κ2) is 4.37. The van der Waals surface area contributed by atoms with Crippen LogP contribution in [0.1, 0.15) is 33.2 Å². The number of hydrogen-bond donors (Lipinski definition) is 0. The maximum atomic E-state index is 11.2. The number of halogens is 1. The molecule has 0 spiro atoms. The molecule has 0 saturated heterocycles. The SMILES string of the molecule is CC(=O)c1ccc(C)c(C(=O)OBr)c1. The maximum Gasteiger partial charge on any atom is 0.349 e. The summed E-state index contributed by atoms with van der Waals surface area (Å²) in [7, 11) is 0. The summed E-state index contributed by atoms with van der Waals surface area (Å²) in [6.45, 7) is 3.23. The van der Waals surface area contributed by atoms with Crippen LogP contribution in [0.3, 0.4) is 0 Å². The summed E-state index contributed by atoms with van der Waals surface area (Å²) in [5.41, 5.74) is 1.68. The number of aryl methyl sites for hydroxylation is 1. The third kappa shape index (κ3) is 2.20. The van der Waals surface area contributed by atoms with E-state index >= 15 is 0 Å². The van der Waals surface area contributed by atoms with Gasteiger partial charge in [0.25, 0.3) is 0 Å². The Morgan fingerprint density at radius 1 is 1.36 bits per heavy atom. The van der Waals surface area contributed by atoms with Crippen molar-refractivity contribution in [2.45, 2.75) is 13.8 Å². The average molecular weight is 257 g/mol. The Balaban J connectivity index is 3.21. The summed E-state index contributed by atoms with van der Waals surface area (Å²) < 4.78 is 4.41. The lowest BCUT2D eigenvalue weighted by Crippen LogP contribution is -2.03. The smallest absolute Gasteiger partial charge is 0.349 e. The Morgan fingerprint density at radius 2 is 2.00 bits per heavy atom. The number of benzene rings is 1. The number of hydrogen-bond acceptors (Lipinski definition) is 3. The van der Waals surface area contributed by atoms with E-state index in [2.05, 4.69) is 20.1 Å². The molecule has 0 amide bonds. The quantitative estimate of drug-likeness (QED) is 0.765. The molecule has 0 saturated carbocycles. The van der Waals surface area contributed by atoms with Gasteiger partial charge in [-0.25, -0.2) is 4.79 Å². The Hall–Kier alpha value is -1.16. The van der Waals surface area contributed by atoms with Crippen LogP contribution in [0, 0.1) is 6.92 Å². The fourth-order valence-electron chi connectivity index (χ4n) is 1.10. The highest BCUT2D eigenvalue weighted by molar-refractivity contribution is 9.06. The molecule has 1 aromatic rings. The number of rotatable bonds is 2. The van der Waals surface area contributed by atoms with E-state index in [1.807, 2.05) is 0 Å². The molecule has 0 aliphatic heterocycles. The Labute approximate surface area is 90.5 Å². The molecule has 0 heterocycles. The summed E-state index contributed by atoms with van der Waals surface area (Å²) in [6, 6.07) is 4.93. The van der Waals surface area contributed by atoms with E-state index in [-0.39, 0.29) is 5.78 Å². The van der Waals surface area contributed by atoms with Gasteiger partial charge in [-0.1, -0.05) is 12.1 Å². The molecule has 0 bridgehead atoms. The van der Waals surface area contributed by atoms with Crippen LogP contribution in [-0.2, 0) is 3.83 Å². The maximum absolute atomic E-state index is 11.2. The van der Waals surface area contributed by atoms with Crippen molar-refractivity contribution in [3.63, 3.8) is 0 Å². The molecule has 1 aromatic carbocycles. The predicted octanol–water partition coefficient (Wildman–Crippen LogP) is 2.66. The molecule has 1 rings (SSSR count). The molecule has 74 valence electrons. The molecule has 0 aliphatic rings. The first-order chi connectivity index (χ1) is 6.56. The van der Waals surface area contributed by atoms with Crippen LogP contribution in [0.2, 0.25) is 0 Å². The van der Waals surface area contributed by atoms with Gasteiger partial charge < -0.3 is 3.83 Å². The fraction of sp³-hybridized carbons (Fsp3) is 0.200. The second-order valence-corrected chi connectivity index (χ2v) is 3.27. The number of Topliss-reactive ketones (excluding diaryl/α,β-unsaturated/α-hetero) is 1. The molecular formula is C10H9BrO3. The average Bonchev–Trinajstić information content (AvgIpc) is 2.17. The summed E-state index contributed by atoms with van der Waals surface area (Å²) in [5, 5.41) is 0. The summed E-state index contributed by atoms with van der Waals surface area (Å²) in [6.07, 6.45) is 0. The highest BCUT2D eigenvalue weighted by atomic mass is 79.9. The standard InChI is InChI=1S/C10H9BrO3/c1-6-3-4-8(7(2)12)5-9(6)10(13)14-11/h3-5H,1-2H3. The predicted molar refractivity (Wildman–Crippen MR) is 55.5 cm³/mol. The topological polar surface area (TPSA) is 43.4 Å².